The van der Waals surface area contributed by atoms with Crippen LogP contribution < -0.4 is 10.6 Å². The number of carbonyl (C=O) groups is 1. The lowest BCUT2D eigenvalue weighted by molar-refractivity contribution is 0.162. The third-order valence-electron chi connectivity index (χ3n) is 4.08. The topological polar surface area (TPSA) is 50.4 Å². The second kappa shape index (κ2) is 5.25. The second-order valence-electron chi connectivity index (χ2n) is 5.97. The van der Waals surface area contributed by atoms with Gasteiger partial charge in [0.2, 0.25) is 0 Å². The lowest BCUT2D eigenvalue weighted by Crippen LogP contribution is -2.52. The molecular formula is C13H24N2O2. The first kappa shape index (κ1) is 12.7. The Morgan fingerprint density at radius 2 is 2.06 bits per heavy atom. The van der Waals surface area contributed by atoms with Gasteiger partial charge in [-0.1, -0.05) is 26.7 Å². The minimum atomic E-state index is -0.0273. The Morgan fingerprint density at radius 3 is 2.71 bits per heavy atom. The van der Waals surface area contributed by atoms with E-state index in [1.165, 1.54) is 19.3 Å². The molecule has 2 unspecified atom stereocenters. The summed E-state index contributed by atoms with van der Waals surface area (Å²) in [5.74, 6) is 0. The van der Waals surface area contributed by atoms with Crippen LogP contribution in [0.4, 0.5) is 4.79 Å². The van der Waals surface area contributed by atoms with Gasteiger partial charge in [0.05, 0.1) is 12.6 Å². The van der Waals surface area contributed by atoms with Crippen LogP contribution in [0.2, 0.25) is 0 Å². The van der Waals surface area contributed by atoms with Crippen molar-refractivity contribution in [1.82, 2.24) is 10.6 Å². The number of carbonyl (C=O) groups excluding carboxylic acids is 1. The van der Waals surface area contributed by atoms with E-state index in [0.717, 1.165) is 19.4 Å². The van der Waals surface area contributed by atoms with E-state index in [2.05, 4.69) is 24.5 Å². The highest BCUT2D eigenvalue weighted by atomic mass is 16.5. The molecule has 1 aliphatic heterocycles. The standard InChI is InChI=1S/C13H24N2O2/c1-13(2)7-4-3-5-11(13)15-12(16)14-10-6-8-17-9-10/h10-11H,3-9H2,1-2H3,(H2,14,15,16). The maximum Gasteiger partial charge on any atom is 0.315 e. The van der Waals surface area contributed by atoms with Crippen LogP contribution >= 0.6 is 0 Å². The summed E-state index contributed by atoms with van der Waals surface area (Å²) < 4.78 is 5.25. The molecule has 98 valence electrons. The summed E-state index contributed by atoms with van der Waals surface area (Å²) in [6.45, 7) is 5.91. The summed E-state index contributed by atoms with van der Waals surface area (Å²) in [4.78, 5) is 11.9. The Morgan fingerprint density at radius 1 is 1.24 bits per heavy atom. The molecule has 2 fully saturated rings. The van der Waals surface area contributed by atoms with Gasteiger partial charge in [-0.2, -0.15) is 0 Å². The van der Waals surface area contributed by atoms with Crippen molar-refractivity contribution in [3.05, 3.63) is 0 Å². The van der Waals surface area contributed by atoms with Crippen LogP contribution in [0.25, 0.3) is 0 Å². The number of hydrogen-bond donors (Lipinski definition) is 2. The van der Waals surface area contributed by atoms with Gasteiger partial charge in [-0.25, -0.2) is 4.79 Å². The molecule has 0 aromatic rings. The van der Waals surface area contributed by atoms with Crippen LogP contribution in [0.5, 0.6) is 0 Å². The third kappa shape index (κ3) is 3.35. The number of hydrogen-bond acceptors (Lipinski definition) is 2. The summed E-state index contributed by atoms with van der Waals surface area (Å²) in [5.41, 5.74) is 0.224. The van der Waals surface area contributed by atoms with Gasteiger partial charge in [-0.15, -0.1) is 0 Å². The van der Waals surface area contributed by atoms with E-state index in [0.29, 0.717) is 12.6 Å². The van der Waals surface area contributed by atoms with Crippen LogP contribution in [0.3, 0.4) is 0 Å². The van der Waals surface area contributed by atoms with Crippen LogP contribution in [0.15, 0.2) is 0 Å². The van der Waals surface area contributed by atoms with E-state index in [1.54, 1.807) is 0 Å². The Labute approximate surface area is 103 Å². The molecular weight excluding hydrogens is 216 g/mol. The third-order valence-corrected chi connectivity index (χ3v) is 4.08. The number of ether oxygens (including phenoxy) is 1. The minimum Gasteiger partial charge on any atom is -0.379 e. The fourth-order valence-electron chi connectivity index (χ4n) is 2.80. The van der Waals surface area contributed by atoms with E-state index in [-0.39, 0.29) is 17.5 Å². The van der Waals surface area contributed by atoms with Crippen molar-refractivity contribution < 1.29 is 9.53 Å². The second-order valence-corrected chi connectivity index (χ2v) is 5.97. The number of urea groups is 1. The van der Waals surface area contributed by atoms with E-state index in [4.69, 9.17) is 4.74 Å². The van der Waals surface area contributed by atoms with Gasteiger partial charge in [0.25, 0.3) is 0 Å². The molecule has 1 saturated carbocycles. The SMILES string of the molecule is CC1(C)CCCCC1NC(=O)NC1CCOC1. The molecule has 1 aliphatic carbocycles. The summed E-state index contributed by atoms with van der Waals surface area (Å²) in [6, 6.07) is 0.473. The molecule has 2 aliphatic rings. The van der Waals surface area contributed by atoms with Gasteiger partial charge in [-0.05, 0) is 24.7 Å². The average Bonchev–Trinajstić information content (AvgIpc) is 2.73. The van der Waals surface area contributed by atoms with Crippen molar-refractivity contribution >= 4 is 6.03 Å². The highest BCUT2D eigenvalue weighted by molar-refractivity contribution is 5.74. The molecule has 1 heterocycles. The molecule has 0 aromatic carbocycles. The molecule has 2 atom stereocenters. The summed E-state index contributed by atoms with van der Waals surface area (Å²) >= 11 is 0. The summed E-state index contributed by atoms with van der Waals surface area (Å²) in [5, 5.41) is 6.12. The monoisotopic (exact) mass is 240 g/mol. The molecule has 0 aromatic heterocycles. The molecule has 0 radical (unpaired) electrons. The predicted molar refractivity (Wildman–Crippen MR) is 66.9 cm³/mol. The lowest BCUT2D eigenvalue weighted by Gasteiger charge is -2.39. The van der Waals surface area contributed by atoms with Gasteiger partial charge in [0, 0.05) is 12.6 Å². The normalized spacial score (nSPS) is 32.1. The molecule has 2 rings (SSSR count). The van der Waals surface area contributed by atoms with Crippen molar-refractivity contribution in [1.29, 1.82) is 0 Å². The molecule has 17 heavy (non-hydrogen) atoms. The fraction of sp³-hybridized carbons (Fsp3) is 0.923. The van der Waals surface area contributed by atoms with Gasteiger partial charge in [0.1, 0.15) is 0 Å². The van der Waals surface area contributed by atoms with E-state index < -0.39 is 0 Å². The number of rotatable bonds is 2. The smallest absolute Gasteiger partial charge is 0.315 e. The van der Waals surface area contributed by atoms with Crippen molar-refractivity contribution in [2.24, 2.45) is 5.41 Å². The zero-order valence-corrected chi connectivity index (χ0v) is 10.9. The van der Waals surface area contributed by atoms with Gasteiger partial charge >= 0.3 is 6.03 Å². The molecule has 1 saturated heterocycles. The Kier molecular flexibility index (Phi) is 3.92. The molecule has 2 N–H and O–H groups in total. The van der Waals surface area contributed by atoms with Gasteiger partial charge in [-0.3, -0.25) is 0 Å². The average molecular weight is 240 g/mol. The zero-order valence-electron chi connectivity index (χ0n) is 10.9. The summed E-state index contributed by atoms with van der Waals surface area (Å²) in [7, 11) is 0. The van der Waals surface area contributed by atoms with Crippen molar-refractivity contribution in [3.8, 4) is 0 Å². The highest BCUT2D eigenvalue weighted by Gasteiger charge is 2.33. The Balaban J connectivity index is 1.80. The molecule has 4 nitrogen and oxygen atoms in total. The van der Waals surface area contributed by atoms with Crippen LogP contribution in [-0.2, 0) is 4.74 Å². The lowest BCUT2D eigenvalue weighted by atomic mass is 9.73. The number of amides is 2. The van der Waals surface area contributed by atoms with E-state index >= 15 is 0 Å². The first-order valence-electron chi connectivity index (χ1n) is 6.73. The number of nitrogens with one attached hydrogen (secondary N) is 2. The highest BCUT2D eigenvalue weighted by Crippen LogP contribution is 2.35. The maximum absolute atomic E-state index is 11.9. The molecule has 0 bridgehead atoms. The quantitative estimate of drug-likeness (QED) is 0.776. The predicted octanol–water partition coefficient (Wildman–Crippen LogP) is 2.04. The van der Waals surface area contributed by atoms with Crippen molar-refractivity contribution in [2.45, 2.75) is 58.0 Å². The molecule has 4 heteroatoms. The van der Waals surface area contributed by atoms with Crippen LogP contribution in [0.1, 0.15) is 46.0 Å². The minimum absolute atomic E-state index is 0.0273. The van der Waals surface area contributed by atoms with E-state index in [9.17, 15) is 4.79 Å². The maximum atomic E-state index is 11.9. The first-order valence-corrected chi connectivity index (χ1v) is 6.73. The Hall–Kier alpha value is -0.770. The first-order chi connectivity index (χ1) is 8.08. The van der Waals surface area contributed by atoms with Gasteiger partial charge in [0.15, 0.2) is 0 Å². The fourth-order valence-corrected chi connectivity index (χ4v) is 2.80. The van der Waals surface area contributed by atoms with Crippen LogP contribution in [-0.4, -0.2) is 31.3 Å². The molecule has 2 amide bonds. The largest absolute Gasteiger partial charge is 0.379 e. The zero-order chi connectivity index (χ0) is 12.3. The van der Waals surface area contributed by atoms with Gasteiger partial charge < -0.3 is 15.4 Å². The Bertz CT molecular complexity index is 273. The van der Waals surface area contributed by atoms with Crippen molar-refractivity contribution in [3.63, 3.8) is 0 Å². The van der Waals surface area contributed by atoms with Crippen LogP contribution in [0, 0.1) is 5.41 Å². The van der Waals surface area contributed by atoms with E-state index in [1.807, 2.05) is 0 Å². The molecule has 0 spiro atoms. The van der Waals surface area contributed by atoms with Crippen molar-refractivity contribution in [2.75, 3.05) is 13.2 Å². The summed E-state index contributed by atoms with van der Waals surface area (Å²) in [6.07, 6.45) is 5.73.